The average Bonchev–Trinajstić information content (AvgIpc) is 2.97. The molecule has 17 heavy (non-hydrogen) atoms. The lowest BCUT2D eigenvalue weighted by Crippen LogP contribution is -2.06. The molecule has 2 aromatic heterocycles. The lowest BCUT2D eigenvalue weighted by Gasteiger charge is -1.98. The zero-order chi connectivity index (χ0) is 12.3. The number of carbonyl (C=O) groups is 1. The highest BCUT2D eigenvalue weighted by Gasteiger charge is 2.20. The van der Waals surface area contributed by atoms with Crippen LogP contribution in [0.15, 0.2) is 12.5 Å². The van der Waals surface area contributed by atoms with E-state index in [1.54, 1.807) is 19.4 Å². The van der Waals surface area contributed by atoms with Crippen molar-refractivity contribution in [3.8, 4) is 11.4 Å². The molecule has 0 atom stereocenters. The Kier molecular flexibility index (Phi) is 3.17. The maximum Gasteiger partial charge on any atom is 0.361 e. The Morgan fingerprint density at radius 3 is 2.94 bits per heavy atom. The van der Waals surface area contributed by atoms with Gasteiger partial charge in [0.15, 0.2) is 5.69 Å². The molecule has 0 aromatic carbocycles. The van der Waals surface area contributed by atoms with Gasteiger partial charge in [-0.15, -0.1) is 5.10 Å². The number of aromatic amines is 1. The lowest BCUT2D eigenvalue weighted by molar-refractivity contribution is 0.0520. The van der Waals surface area contributed by atoms with E-state index in [1.165, 1.54) is 0 Å². The van der Waals surface area contributed by atoms with E-state index >= 15 is 0 Å². The van der Waals surface area contributed by atoms with Gasteiger partial charge in [0.1, 0.15) is 11.4 Å². The number of aromatic nitrogens is 5. The number of hydrogen-bond donors (Lipinski definition) is 1. The second-order valence-electron chi connectivity index (χ2n) is 3.33. The SMILES string of the molecule is CCOC(=O)c1n[nH]nc1-c1cn(CC)cn1. The maximum atomic E-state index is 11.6. The Bertz CT molecular complexity index is 516. The van der Waals surface area contributed by atoms with Gasteiger partial charge in [-0.2, -0.15) is 10.3 Å². The molecule has 90 valence electrons. The number of imidazole rings is 1. The number of ether oxygens (including phenoxy) is 1. The first kappa shape index (κ1) is 11.3. The van der Waals surface area contributed by atoms with E-state index in [4.69, 9.17) is 4.74 Å². The van der Waals surface area contributed by atoms with Crippen molar-refractivity contribution in [3.05, 3.63) is 18.2 Å². The summed E-state index contributed by atoms with van der Waals surface area (Å²) in [7, 11) is 0. The first-order valence-electron chi connectivity index (χ1n) is 5.36. The summed E-state index contributed by atoms with van der Waals surface area (Å²) in [5.41, 5.74) is 1.17. The lowest BCUT2D eigenvalue weighted by atomic mass is 10.2. The van der Waals surface area contributed by atoms with Gasteiger partial charge in [-0.05, 0) is 13.8 Å². The summed E-state index contributed by atoms with van der Waals surface area (Å²) in [6.07, 6.45) is 3.49. The summed E-state index contributed by atoms with van der Waals surface area (Å²) in [6, 6.07) is 0. The fraction of sp³-hybridized carbons (Fsp3) is 0.400. The van der Waals surface area contributed by atoms with Gasteiger partial charge in [0.25, 0.3) is 0 Å². The van der Waals surface area contributed by atoms with Gasteiger partial charge in [0.05, 0.1) is 12.9 Å². The van der Waals surface area contributed by atoms with Gasteiger partial charge in [-0.1, -0.05) is 0 Å². The smallest absolute Gasteiger partial charge is 0.361 e. The van der Waals surface area contributed by atoms with E-state index < -0.39 is 5.97 Å². The van der Waals surface area contributed by atoms with Crippen LogP contribution in [-0.4, -0.2) is 37.5 Å². The standard InChI is InChI=1S/C10H13N5O2/c1-3-15-5-7(11-6-15)8-9(13-14-12-8)10(16)17-4-2/h5-6H,3-4H2,1-2H3,(H,12,13,14). The zero-order valence-electron chi connectivity index (χ0n) is 9.67. The van der Waals surface area contributed by atoms with Crippen molar-refractivity contribution in [1.29, 1.82) is 0 Å². The van der Waals surface area contributed by atoms with Crippen molar-refractivity contribution in [1.82, 2.24) is 25.0 Å². The van der Waals surface area contributed by atoms with Crippen molar-refractivity contribution in [2.24, 2.45) is 0 Å². The van der Waals surface area contributed by atoms with Gasteiger partial charge in [-0.25, -0.2) is 9.78 Å². The van der Waals surface area contributed by atoms with Gasteiger partial charge in [0.2, 0.25) is 0 Å². The second-order valence-corrected chi connectivity index (χ2v) is 3.33. The topological polar surface area (TPSA) is 85.7 Å². The molecule has 0 radical (unpaired) electrons. The van der Waals surface area contributed by atoms with E-state index in [2.05, 4.69) is 20.4 Å². The number of esters is 1. The van der Waals surface area contributed by atoms with Crippen molar-refractivity contribution in [2.45, 2.75) is 20.4 Å². The van der Waals surface area contributed by atoms with E-state index in [0.29, 0.717) is 18.0 Å². The van der Waals surface area contributed by atoms with Crippen molar-refractivity contribution in [3.63, 3.8) is 0 Å². The summed E-state index contributed by atoms with van der Waals surface area (Å²) in [6.45, 7) is 4.85. The van der Waals surface area contributed by atoms with Crippen molar-refractivity contribution < 1.29 is 9.53 Å². The molecule has 7 nitrogen and oxygen atoms in total. The van der Waals surface area contributed by atoms with Gasteiger partial charge >= 0.3 is 5.97 Å². The molecule has 0 saturated carbocycles. The molecule has 0 saturated heterocycles. The maximum absolute atomic E-state index is 11.6. The van der Waals surface area contributed by atoms with Crippen LogP contribution >= 0.6 is 0 Å². The molecule has 2 rings (SSSR count). The first-order chi connectivity index (χ1) is 8.26. The molecular weight excluding hydrogens is 222 g/mol. The van der Waals surface area contributed by atoms with Crippen LogP contribution in [-0.2, 0) is 11.3 Å². The molecule has 0 spiro atoms. The van der Waals surface area contributed by atoms with E-state index in [-0.39, 0.29) is 5.69 Å². The van der Waals surface area contributed by atoms with E-state index in [1.807, 2.05) is 11.5 Å². The minimum atomic E-state index is -0.498. The summed E-state index contributed by atoms with van der Waals surface area (Å²) < 4.78 is 6.77. The molecule has 1 N–H and O–H groups in total. The van der Waals surface area contributed by atoms with Crippen LogP contribution in [0.2, 0.25) is 0 Å². The highest BCUT2D eigenvalue weighted by molar-refractivity contribution is 5.93. The first-order valence-corrected chi connectivity index (χ1v) is 5.36. The Hall–Kier alpha value is -2.18. The second kappa shape index (κ2) is 4.77. The number of hydrogen-bond acceptors (Lipinski definition) is 5. The van der Waals surface area contributed by atoms with Crippen LogP contribution in [0, 0.1) is 0 Å². The molecule has 0 bridgehead atoms. The molecule has 2 heterocycles. The summed E-state index contributed by atoms with van der Waals surface area (Å²) in [5, 5.41) is 10.1. The molecule has 0 unspecified atom stereocenters. The molecule has 7 heteroatoms. The molecule has 0 aliphatic carbocycles. The Balaban J connectivity index is 2.33. The van der Waals surface area contributed by atoms with Crippen LogP contribution in [0.25, 0.3) is 11.4 Å². The highest BCUT2D eigenvalue weighted by atomic mass is 16.5. The van der Waals surface area contributed by atoms with Gasteiger partial charge in [0, 0.05) is 12.7 Å². The minimum Gasteiger partial charge on any atom is -0.461 e. The molecule has 0 fully saturated rings. The average molecular weight is 235 g/mol. The third-order valence-electron chi connectivity index (χ3n) is 2.26. The fourth-order valence-electron chi connectivity index (χ4n) is 1.41. The molecular formula is C10H13N5O2. The monoisotopic (exact) mass is 235 g/mol. The van der Waals surface area contributed by atoms with Crippen LogP contribution in [0.3, 0.4) is 0 Å². The van der Waals surface area contributed by atoms with Gasteiger partial charge in [-0.3, -0.25) is 0 Å². The van der Waals surface area contributed by atoms with E-state index in [0.717, 1.165) is 6.54 Å². The third-order valence-corrected chi connectivity index (χ3v) is 2.26. The number of carbonyl (C=O) groups excluding carboxylic acids is 1. The molecule has 0 aliphatic heterocycles. The largest absolute Gasteiger partial charge is 0.461 e. The Morgan fingerprint density at radius 2 is 2.29 bits per heavy atom. The Labute approximate surface area is 97.8 Å². The molecule has 2 aromatic rings. The minimum absolute atomic E-state index is 0.160. The highest BCUT2D eigenvalue weighted by Crippen LogP contribution is 2.17. The van der Waals surface area contributed by atoms with Crippen molar-refractivity contribution >= 4 is 5.97 Å². The number of nitrogens with zero attached hydrogens (tertiary/aromatic N) is 4. The molecule has 0 aliphatic rings. The van der Waals surface area contributed by atoms with Crippen LogP contribution in [0.5, 0.6) is 0 Å². The van der Waals surface area contributed by atoms with Crippen LogP contribution in [0.4, 0.5) is 0 Å². The summed E-state index contributed by atoms with van der Waals surface area (Å²) >= 11 is 0. The Morgan fingerprint density at radius 1 is 1.47 bits per heavy atom. The van der Waals surface area contributed by atoms with Gasteiger partial charge < -0.3 is 9.30 Å². The van der Waals surface area contributed by atoms with Crippen LogP contribution in [0.1, 0.15) is 24.3 Å². The summed E-state index contributed by atoms with van der Waals surface area (Å²) in [4.78, 5) is 15.8. The molecule has 0 amide bonds. The fourth-order valence-corrected chi connectivity index (χ4v) is 1.41. The van der Waals surface area contributed by atoms with E-state index in [9.17, 15) is 4.79 Å². The number of aryl methyl sites for hydroxylation is 1. The summed E-state index contributed by atoms with van der Waals surface area (Å²) in [5.74, 6) is -0.498. The normalized spacial score (nSPS) is 10.5. The van der Waals surface area contributed by atoms with Crippen molar-refractivity contribution in [2.75, 3.05) is 6.61 Å². The third kappa shape index (κ3) is 2.17. The predicted molar refractivity (Wildman–Crippen MR) is 59.2 cm³/mol. The number of H-pyrrole nitrogens is 1. The predicted octanol–water partition coefficient (Wildman–Crippen LogP) is 0.865. The van der Waals surface area contributed by atoms with Crippen LogP contribution < -0.4 is 0 Å². The quantitative estimate of drug-likeness (QED) is 0.794. The zero-order valence-corrected chi connectivity index (χ0v) is 9.67. The number of nitrogens with one attached hydrogen (secondary N) is 1. The number of rotatable bonds is 4.